The van der Waals surface area contributed by atoms with Gasteiger partial charge in [0.25, 0.3) is 15.6 Å². The van der Waals surface area contributed by atoms with Crippen molar-refractivity contribution in [3.05, 3.63) is 39.8 Å². The summed E-state index contributed by atoms with van der Waals surface area (Å²) in [5.74, 6) is -0.505. The molecular formula is C20H26N4O5S. The maximum atomic E-state index is 13.1. The number of phenols is 1. The minimum atomic E-state index is -4.18. The van der Waals surface area contributed by atoms with Crippen LogP contribution in [0.3, 0.4) is 0 Å². The largest absolute Gasteiger partial charge is 0.508 e. The van der Waals surface area contributed by atoms with Gasteiger partial charge in [-0.25, -0.2) is 4.68 Å². The number of hydrogen-bond acceptors (Lipinski definition) is 7. The Hall–Kier alpha value is -2.88. The number of aromatic hydroxyl groups is 2. The number of phenolic OH excluding ortho intramolecular Hbond substituents is 1. The standard InChI is InChI=1S/C20H26N4O5S/c1-4-5-6-15-18(26)17(20(27)24(22-15)10-9-12(2)3)19-21-14-8-7-13(25)11-16(14)30(28,29)23-19/h7-8,11-12,25-26H,4-6,9-10H2,1-3H3,(H,21,23). The van der Waals surface area contributed by atoms with Crippen LogP contribution in [0.2, 0.25) is 0 Å². The normalized spacial score (nSPS) is 14.9. The average molecular weight is 435 g/mol. The lowest BCUT2D eigenvalue weighted by Crippen LogP contribution is -2.34. The minimum Gasteiger partial charge on any atom is -0.508 e. The number of amidine groups is 1. The molecular weight excluding hydrogens is 408 g/mol. The fourth-order valence-electron chi connectivity index (χ4n) is 3.13. The molecule has 0 radical (unpaired) electrons. The summed E-state index contributed by atoms with van der Waals surface area (Å²) < 4.78 is 30.3. The maximum absolute atomic E-state index is 13.1. The van der Waals surface area contributed by atoms with Crippen LogP contribution in [-0.2, 0) is 23.0 Å². The van der Waals surface area contributed by atoms with Crippen molar-refractivity contribution in [1.82, 2.24) is 9.78 Å². The first-order valence-corrected chi connectivity index (χ1v) is 11.4. The quantitative estimate of drug-likeness (QED) is 0.570. The molecule has 0 amide bonds. The molecule has 0 bridgehead atoms. The van der Waals surface area contributed by atoms with E-state index in [1.807, 2.05) is 20.8 Å². The van der Waals surface area contributed by atoms with E-state index in [4.69, 9.17) is 0 Å². The topological polar surface area (TPSA) is 134 Å². The van der Waals surface area contributed by atoms with Crippen LogP contribution >= 0.6 is 0 Å². The zero-order valence-electron chi connectivity index (χ0n) is 17.2. The number of aromatic nitrogens is 2. The summed E-state index contributed by atoms with van der Waals surface area (Å²) in [6.45, 7) is 6.39. The molecule has 1 aromatic carbocycles. The van der Waals surface area contributed by atoms with Crippen molar-refractivity contribution in [3.8, 4) is 11.5 Å². The molecule has 162 valence electrons. The molecule has 1 aliphatic rings. The summed E-state index contributed by atoms with van der Waals surface area (Å²) in [6.07, 6.45) is 2.77. The fraction of sp³-hybridized carbons (Fsp3) is 0.450. The van der Waals surface area contributed by atoms with Crippen LogP contribution in [0.15, 0.2) is 32.3 Å². The lowest BCUT2D eigenvalue weighted by molar-refractivity contribution is 0.427. The van der Waals surface area contributed by atoms with Crippen LogP contribution < -0.4 is 10.9 Å². The zero-order chi connectivity index (χ0) is 22.1. The van der Waals surface area contributed by atoms with Gasteiger partial charge in [-0.3, -0.25) is 4.79 Å². The third-order valence-corrected chi connectivity index (χ3v) is 6.15. The molecule has 0 saturated heterocycles. The number of hydrogen-bond donors (Lipinski definition) is 3. The summed E-state index contributed by atoms with van der Waals surface area (Å²) in [5.41, 5.74) is -0.343. The Balaban J connectivity index is 2.17. The van der Waals surface area contributed by atoms with Gasteiger partial charge in [0.05, 0.1) is 5.69 Å². The highest BCUT2D eigenvalue weighted by atomic mass is 32.2. The number of sulfonamides is 1. The predicted molar refractivity (Wildman–Crippen MR) is 114 cm³/mol. The highest BCUT2D eigenvalue weighted by Crippen LogP contribution is 2.32. The third kappa shape index (κ3) is 4.33. The molecule has 0 atom stereocenters. The molecule has 0 saturated carbocycles. The number of nitrogens with one attached hydrogen (secondary N) is 1. The summed E-state index contributed by atoms with van der Waals surface area (Å²) >= 11 is 0. The molecule has 2 aromatic rings. The first kappa shape index (κ1) is 21.8. The van der Waals surface area contributed by atoms with E-state index in [1.54, 1.807) is 0 Å². The van der Waals surface area contributed by atoms with Crippen LogP contribution in [0, 0.1) is 5.92 Å². The van der Waals surface area contributed by atoms with Crippen LogP contribution in [0.5, 0.6) is 11.5 Å². The van der Waals surface area contributed by atoms with Gasteiger partial charge < -0.3 is 15.5 Å². The molecule has 3 N–H and O–H groups in total. The van der Waals surface area contributed by atoms with Gasteiger partial charge in [0.1, 0.15) is 21.9 Å². The zero-order valence-corrected chi connectivity index (χ0v) is 18.0. The fourth-order valence-corrected chi connectivity index (χ4v) is 4.27. The second-order valence-electron chi connectivity index (χ2n) is 7.71. The molecule has 0 aliphatic carbocycles. The van der Waals surface area contributed by atoms with Gasteiger partial charge in [0.2, 0.25) is 0 Å². The number of fused-ring (bicyclic) bond motifs is 1. The van der Waals surface area contributed by atoms with Gasteiger partial charge in [-0.15, -0.1) is 4.40 Å². The summed E-state index contributed by atoms with van der Waals surface area (Å²) in [4.78, 5) is 12.9. The van der Waals surface area contributed by atoms with E-state index < -0.39 is 15.6 Å². The molecule has 1 aliphatic heterocycles. The molecule has 2 heterocycles. The average Bonchev–Trinajstić information content (AvgIpc) is 2.67. The molecule has 0 spiro atoms. The van der Waals surface area contributed by atoms with E-state index in [0.29, 0.717) is 31.0 Å². The second-order valence-corrected chi connectivity index (χ2v) is 9.28. The Morgan fingerprint density at radius 1 is 1.23 bits per heavy atom. The molecule has 9 nitrogen and oxygen atoms in total. The number of anilines is 1. The van der Waals surface area contributed by atoms with Crippen LogP contribution in [0.1, 0.15) is 51.3 Å². The Labute approximate surface area is 175 Å². The third-order valence-electron chi connectivity index (χ3n) is 4.83. The van der Waals surface area contributed by atoms with E-state index in [1.165, 1.54) is 16.8 Å². The van der Waals surface area contributed by atoms with Gasteiger partial charge >= 0.3 is 0 Å². The van der Waals surface area contributed by atoms with Crippen molar-refractivity contribution in [1.29, 1.82) is 0 Å². The summed E-state index contributed by atoms with van der Waals surface area (Å²) in [7, 11) is -4.18. The van der Waals surface area contributed by atoms with Crippen LogP contribution in [0.4, 0.5) is 5.69 Å². The lowest BCUT2D eigenvalue weighted by atomic mass is 10.1. The Morgan fingerprint density at radius 3 is 2.63 bits per heavy atom. The lowest BCUT2D eigenvalue weighted by Gasteiger charge is -2.20. The van der Waals surface area contributed by atoms with E-state index >= 15 is 0 Å². The van der Waals surface area contributed by atoms with Gasteiger partial charge in [0, 0.05) is 12.6 Å². The van der Waals surface area contributed by atoms with Gasteiger partial charge in [0.15, 0.2) is 11.6 Å². The predicted octanol–water partition coefficient (Wildman–Crippen LogP) is 2.60. The van der Waals surface area contributed by atoms with E-state index in [9.17, 15) is 23.4 Å². The number of unbranched alkanes of at least 4 members (excludes halogenated alkanes) is 1. The first-order valence-electron chi connectivity index (χ1n) is 9.92. The Bertz CT molecular complexity index is 1150. The van der Waals surface area contributed by atoms with Crippen LogP contribution in [-0.4, -0.2) is 34.2 Å². The monoisotopic (exact) mass is 434 g/mol. The van der Waals surface area contributed by atoms with Crippen molar-refractivity contribution in [2.45, 2.75) is 57.9 Å². The number of aryl methyl sites for hydroxylation is 2. The van der Waals surface area contributed by atoms with Crippen LogP contribution in [0.25, 0.3) is 0 Å². The smallest absolute Gasteiger partial charge is 0.286 e. The van der Waals surface area contributed by atoms with Crippen molar-refractivity contribution in [2.24, 2.45) is 10.3 Å². The summed E-state index contributed by atoms with van der Waals surface area (Å²) in [5, 5.41) is 27.5. The minimum absolute atomic E-state index is 0.164. The van der Waals surface area contributed by atoms with Crippen molar-refractivity contribution >= 4 is 21.5 Å². The van der Waals surface area contributed by atoms with Crippen molar-refractivity contribution in [2.75, 3.05) is 5.32 Å². The summed E-state index contributed by atoms with van der Waals surface area (Å²) in [6, 6.07) is 3.78. The number of benzene rings is 1. The molecule has 30 heavy (non-hydrogen) atoms. The van der Waals surface area contributed by atoms with Crippen molar-refractivity contribution in [3.63, 3.8) is 0 Å². The Morgan fingerprint density at radius 2 is 1.97 bits per heavy atom. The van der Waals surface area contributed by atoms with Gasteiger partial charge in [-0.05, 0) is 37.3 Å². The van der Waals surface area contributed by atoms with E-state index in [0.717, 1.165) is 18.9 Å². The number of rotatable bonds is 7. The number of nitrogens with zero attached hydrogens (tertiary/aromatic N) is 3. The molecule has 1 aromatic heterocycles. The molecule has 0 fully saturated rings. The maximum Gasteiger partial charge on any atom is 0.286 e. The molecule has 10 heteroatoms. The molecule has 3 rings (SSSR count). The van der Waals surface area contributed by atoms with E-state index in [-0.39, 0.29) is 33.5 Å². The second kappa shape index (κ2) is 8.47. The highest BCUT2D eigenvalue weighted by Gasteiger charge is 2.30. The highest BCUT2D eigenvalue weighted by molar-refractivity contribution is 7.90. The molecule has 0 unspecified atom stereocenters. The SMILES string of the molecule is CCCCc1nn(CCC(C)C)c(=O)c(C2=NS(=O)(=O)c3cc(O)ccc3N2)c1O. The Kier molecular flexibility index (Phi) is 6.16. The van der Waals surface area contributed by atoms with Crippen molar-refractivity contribution < 1.29 is 18.6 Å². The first-order chi connectivity index (χ1) is 14.1. The van der Waals surface area contributed by atoms with Gasteiger partial charge in [-0.2, -0.15) is 13.5 Å². The van der Waals surface area contributed by atoms with E-state index in [2.05, 4.69) is 14.8 Å². The van der Waals surface area contributed by atoms with Gasteiger partial charge in [-0.1, -0.05) is 27.2 Å².